The van der Waals surface area contributed by atoms with Crippen molar-refractivity contribution < 1.29 is 9.79 Å². The van der Waals surface area contributed by atoms with Crippen molar-refractivity contribution in [1.82, 2.24) is 0 Å². The van der Waals surface area contributed by atoms with Crippen molar-refractivity contribution in [2.75, 3.05) is 0 Å². The number of rotatable bonds is 4. The molecule has 0 saturated heterocycles. The molecule has 0 saturated carbocycles. The zero-order chi connectivity index (χ0) is 32.1. The van der Waals surface area contributed by atoms with Gasteiger partial charge in [0.1, 0.15) is 0 Å². The lowest BCUT2D eigenvalue weighted by Crippen LogP contribution is -2.18. The van der Waals surface area contributed by atoms with Gasteiger partial charge in [-0.15, -0.1) is 0 Å². The Kier molecular flexibility index (Phi) is 8.96. The highest BCUT2D eigenvalue weighted by Crippen LogP contribution is 2.48. The Morgan fingerprint density at radius 3 is 1.30 bits per heavy atom. The van der Waals surface area contributed by atoms with E-state index >= 15 is 0 Å². The van der Waals surface area contributed by atoms with Crippen LogP contribution in [0.4, 0.5) is 0 Å². The van der Waals surface area contributed by atoms with Crippen LogP contribution in [0.15, 0.2) is 78.9 Å². The first-order valence-electron chi connectivity index (χ1n) is 15.4. The quantitative estimate of drug-likeness (QED) is 0.231. The van der Waals surface area contributed by atoms with E-state index in [4.69, 9.17) is 0 Å². The lowest BCUT2D eigenvalue weighted by atomic mass is 9.73. The molecule has 43 heavy (non-hydrogen) atoms. The summed E-state index contributed by atoms with van der Waals surface area (Å²) in [6, 6.07) is 28.2. The Bertz CT molecular complexity index is 1620. The first kappa shape index (κ1) is 33.1. The van der Waals surface area contributed by atoms with Crippen LogP contribution >= 0.6 is 8.38 Å². The molecule has 0 unspecified atom stereocenters. The fourth-order valence-corrected chi connectivity index (χ4v) is 6.51. The third-order valence-corrected chi connectivity index (χ3v) is 9.24. The van der Waals surface area contributed by atoms with Crippen LogP contribution in [0.3, 0.4) is 0 Å². The number of hydrogen-bond acceptors (Lipinski definition) is 2. The average molecular weight is 595 g/mol. The Morgan fingerprint density at radius 1 is 0.419 bits per heavy atom. The fourth-order valence-electron chi connectivity index (χ4n) is 5.88. The van der Waals surface area contributed by atoms with Crippen molar-refractivity contribution >= 4 is 13.7 Å². The molecule has 2 nitrogen and oxygen atoms in total. The third kappa shape index (κ3) is 6.99. The molecule has 0 aliphatic heterocycles. The van der Waals surface area contributed by atoms with E-state index in [1.54, 1.807) is 0 Å². The molecule has 0 bridgehead atoms. The monoisotopic (exact) mass is 594 g/mol. The summed E-state index contributed by atoms with van der Waals surface area (Å²) in [5.74, 6) is 0. The van der Waals surface area contributed by atoms with E-state index in [0.29, 0.717) is 5.30 Å². The molecule has 2 N–H and O–H groups in total. The summed E-state index contributed by atoms with van der Waals surface area (Å²) in [6.45, 7) is 27.3. The normalized spacial score (nSPS) is 13.1. The van der Waals surface area contributed by atoms with Gasteiger partial charge in [-0.25, -0.2) is 0 Å². The second-order valence-electron chi connectivity index (χ2n) is 16.1. The van der Waals surface area contributed by atoms with Gasteiger partial charge in [0, 0.05) is 5.30 Å². The van der Waals surface area contributed by atoms with Crippen LogP contribution in [0.25, 0.3) is 33.4 Å². The lowest BCUT2D eigenvalue weighted by Gasteiger charge is -2.31. The predicted octanol–water partition coefficient (Wildman–Crippen LogP) is 10.8. The van der Waals surface area contributed by atoms with Gasteiger partial charge in [0.15, 0.2) is 8.38 Å². The SMILES string of the molecule is CC(C)(C)c1ccc(-c2cccc(-c3ccccc3P(O)O)c2-c2ccc(C(C)(C)C)cc2C(C)(C)C)c(C(C)(C)C)c1. The average Bonchev–Trinajstić information content (AvgIpc) is 2.90. The molecule has 0 radical (unpaired) electrons. The Labute approximate surface area is 262 Å². The Hall–Kier alpha value is -2.77. The number of hydrogen-bond donors (Lipinski definition) is 2. The summed E-state index contributed by atoms with van der Waals surface area (Å²) in [5, 5.41) is 0.568. The van der Waals surface area contributed by atoms with E-state index in [1.807, 2.05) is 24.3 Å². The van der Waals surface area contributed by atoms with Gasteiger partial charge in [-0.1, -0.05) is 156 Å². The highest BCUT2D eigenvalue weighted by atomic mass is 31.2. The van der Waals surface area contributed by atoms with E-state index in [-0.39, 0.29) is 21.7 Å². The van der Waals surface area contributed by atoms with Crippen molar-refractivity contribution in [3.63, 3.8) is 0 Å². The van der Waals surface area contributed by atoms with Gasteiger partial charge in [-0.2, -0.15) is 0 Å². The van der Waals surface area contributed by atoms with E-state index in [1.165, 1.54) is 33.4 Å². The molecule has 0 atom stereocenters. The van der Waals surface area contributed by atoms with Gasteiger partial charge in [-0.3, -0.25) is 0 Å². The van der Waals surface area contributed by atoms with Crippen LogP contribution < -0.4 is 5.30 Å². The second kappa shape index (κ2) is 11.6. The van der Waals surface area contributed by atoms with E-state index < -0.39 is 8.38 Å². The van der Waals surface area contributed by atoms with E-state index in [0.717, 1.165) is 22.3 Å². The minimum Gasteiger partial charge on any atom is -0.347 e. The smallest absolute Gasteiger partial charge is 0.200 e. The van der Waals surface area contributed by atoms with Crippen LogP contribution in [-0.4, -0.2) is 9.79 Å². The molecular formula is C40H51O2P. The second-order valence-corrected chi connectivity index (χ2v) is 17.1. The van der Waals surface area contributed by atoms with Crippen molar-refractivity contribution in [2.24, 2.45) is 0 Å². The first-order valence-corrected chi connectivity index (χ1v) is 16.7. The predicted molar refractivity (Wildman–Crippen MR) is 189 cm³/mol. The summed E-state index contributed by atoms with van der Waals surface area (Å²) < 4.78 is 0. The Morgan fingerprint density at radius 2 is 0.837 bits per heavy atom. The van der Waals surface area contributed by atoms with Crippen LogP contribution in [0.5, 0.6) is 0 Å². The summed E-state index contributed by atoms with van der Waals surface area (Å²) in [6.07, 6.45) is 0. The molecule has 0 fully saturated rings. The van der Waals surface area contributed by atoms with Crippen molar-refractivity contribution in [3.8, 4) is 33.4 Å². The minimum absolute atomic E-state index is 0.0132. The van der Waals surface area contributed by atoms with Gasteiger partial charge >= 0.3 is 0 Å². The third-order valence-electron chi connectivity index (χ3n) is 8.42. The summed E-state index contributed by atoms with van der Waals surface area (Å²) >= 11 is 0. The molecule has 0 aromatic heterocycles. The molecule has 0 heterocycles. The summed E-state index contributed by atoms with van der Waals surface area (Å²) in [4.78, 5) is 21.0. The summed E-state index contributed by atoms with van der Waals surface area (Å²) in [7, 11) is -2.28. The maximum Gasteiger partial charge on any atom is 0.200 e. The number of benzene rings is 4. The van der Waals surface area contributed by atoms with Crippen LogP contribution in [0.1, 0.15) is 105 Å². The van der Waals surface area contributed by atoms with Crippen LogP contribution in [-0.2, 0) is 21.7 Å². The molecule has 4 aromatic rings. The molecule has 0 amide bonds. The van der Waals surface area contributed by atoms with Gasteiger partial charge in [-0.05, 0) is 83.4 Å². The van der Waals surface area contributed by atoms with Gasteiger partial charge in [0.05, 0.1) is 0 Å². The molecule has 228 valence electrons. The standard InChI is InChI=1S/C40H51O2P/c1-37(2,3)26-20-22-28(33(24-26)39(7,8)9)30-17-15-18-31(29-16-13-14-19-35(29)43(41)42)36(30)32-23-21-27(38(4,5)6)25-34(32)40(10,11)12/h13-25,41-42H,1-12H3. The fraction of sp³-hybridized carbons (Fsp3) is 0.400. The molecular weight excluding hydrogens is 543 g/mol. The van der Waals surface area contributed by atoms with Crippen molar-refractivity contribution in [2.45, 2.75) is 105 Å². The minimum atomic E-state index is -2.28. The highest BCUT2D eigenvalue weighted by molar-refractivity contribution is 7.54. The van der Waals surface area contributed by atoms with E-state index in [9.17, 15) is 9.79 Å². The molecule has 0 spiro atoms. The zero-order valence-electron chi connectivity index (χ0n) is 28.3. The topological polar surface area (TPSA) is 40.5 Å². The van der Waals surface area contributed by atoms with Crippen LogP contribution in [0.2, 0.25) is 0 Å². The first-order chi connectivity index (χ1) is 19.7. The maximum atomic E-state index is 10.5. The van der Waals surface area contributed by atoms with Crippen LogP contribution in [0, 0.1) is 0 Å². The maximum absolute atomic E-state index is 10.5. The highest BCUT2D eigenvalue weighted by Gasteiger charge is 2.29. The van der Waals surface area contributed by atoms with Gasteiger partial charge < -0.3 is 9.79 Å². The van der Waals surface area contributed by atoms with Gasteiger partial charge in [0.2, 0.25) is 0 Å². The summed E-state index contributed by atoms with van der Waals surface area (Å²) in [5.41, 5.74) is 11.6. The molecule has 0 aliphatic rings. The zero-order valence-corrected chi connectivity index (χ0v) is 29.2. The largest absolute Gasteiger partial charge is 0.347 e. The molecule has 4 aromatic carbocycles. The molecule has 0 aliphatic carbocycles. The van der Waals surface area contributed by atoms with E-state index in [2.05, 4.69) is 138 Å². The van der Waals surface area contributed by atoms with Crippen molar-refractivity contribution in [1.29, 1.82) is 0 Å². The molecule has 3 heteroatoms. The van der Waals surface area contributed by atoms with Crippen molar-refractivity contribution in [3.05, 3.63) is 101 Å². The molecule has 4 rings (SSSR count). The van der Waals surface area contributed by atoms with Gasteiger partial charge in [0.25, 0.3) is 0 Å². The Balaban J connectivity index is 2.22. The lowest BCUT2D eigenvalue weighted by molar-refractivity contribution is 0.497.